The number of hydrogen-bond acceptors (Lipinski definition) is 1. The molecule has 0 N–H and O–H groups in total. The summed E-state index contributed by atoms with van der Waals surface area (Å²) in [7, 11) is 0. The summed E-state index contributed by atoms with van der Waals surface area (Å²) < 4.78 is 0. The van der Waals surface area contributed by atoms with Crippen LogP contribution in [0.2, 0.25) is 0 Å². The SMILES string of the molecule is Cc1cc(C)cc(C2=Nc3c(C)cc(C)c4cccc2c34)c1. The van der Waals surface area contributed by atoms with Crippen molar-refractivity contribution in [3.8, 4) is 0 Å². The first kappa shape index (κ1) is 13.3. The third-order valence-electron chi connectivity index (χ3n) is 4.51. The van der Waals surface area contributed by atoms with E-state index in [1.165, 1.54) is 44.2 Å². The maximum absolute atomic E-state index is 5.01. The summed E-state index contributed by atoms with van der Waals surface area (Å²) >= 11 is 0. The molecule has 0 amide bonds. The molecular weight excluding hydrogens is 266 g/mol. The fourth-order valence-electron chi connectivity index (χ4n) is 3.65. The Bertz CT molecular complexity index is 941. The lowest BCUT2D eigenvalue weighted by Crippen LogP contribution is -2.01. The third-order valence-corrected chi connectivity index (χ3v) is 4.51. The van der Waals surface area contributed by atoms with E-state index in [0.29, 0.717) is 0 Å². The molecule has 0 bridgehead atoms. The molecule has 0 unspecified atom stereocenters. The van der Waals surface area contributed by atoms with Gasteiger partial charge < -0.3 is 0 Å². The average Bonchev–Trinajstić information content (AvgIpc) is 2.85. The van der Waals surface area contributed by atoms with E-state index in [1.54, 1.807) is 0 Å². The first-order valence-corrected chi connectivity index (χ1v) is 7.75. The van der Waals surface area contributed by atoms with Gasteiger partial charge in [0.2, 0.25) is 0 Å². The molecule has 0 radical (unpaired) electrons. The molecule has 4 rings (SSSR count). The number of rotatable bonds is 1. The molecule has 1 heteroatoms. The Hall–Kier alpha value is -2.41. The van der Waals surface area contributed by atoms with Gasteiger partial charge in [0, 0.05) is 16.5 Å². The second-order valence-electron chi connectivity index (χ2n) is 6.42. The van der Waals surface area contributed by atoms with E-state index in [-0.39, 0.29) is 0 Å². The van der Waals surface area contributed by atoms with Gasteiger partial charge in [-0.25, -0.2) is 4.99 Å². The Morgan fingerprint density at radius 3 is 2.23 bits per heavy atom. The Labute approximate surface area is 131 Å². The second kappa shape index (κ2) is 4.54. The largest absolute Gasteiger partial charge is 0.247 e. The molecule has 0 saturated heterocycles. The van der Waals surface area contributed by atoms with Crippen molar-refractivity contribution in [3.05, 3.63) is 75.8 Å². The van der Waals surface area contributed by atoms with E-state index < -0.39 is 0 Å². The van der Waals surface area contributed by atoms with Crippen LogP contribution in [-0.2, 0) is 0 Å². The summed E-state index contributed by atoms with van der Waals surface area (Å²) in [4.78, 5) is 5.01. The zero-order valence-corrected chi connectivity index (χ0v) is 13.5. The monoisotopic (exact) mass is 285 g/mol. The van der Waals surface area contributed by atoms with Crippen molar-refractivity contribution in [3.63, 3.8) is 0 Å². The van der Waals surface area contributed by atoms with Crippen molar-refractivity contribution in [2.24, 2.45) is 4.99 Å². The van der Waals surface area contributed by atoms with Gasteiger partial charge in [0.25, 0.3) is 0 Å². The summed E-state index contributed by atoms with van der Waals surface area (Å²) in [6.07, 6.45) is 0. The average molecular weight is 285 g/mol. The van der Waals surface area contributed by atoms with Crippen molar-refractivity contribution < 1.29 is 0 Å². The van der Waals surface area contributed by atoms with E-state index in [9.17, 15) is 0 Å². The number of hydrogen-bond donors (Lipinski definition) is 0. The molecular formula is C21H19N. The normalized spacial score (nSPS) is 12.8. The van der Waals surface area contributed by atoms with Crippen LogP contribution in [0.25, 0.3) is 10.8 Å². The highest BCUT2D eigenvalue weighted by Crippen LogP contribution is 2.41. The van der Waals surface area contributed by atoms with Gasteiger partial charge >= 0.3 is 0 Å². The first-order chi connectivity index (χ1) is 10.5. The van der Waals surface area contributed by atoms with Gasteiger partial charge in [0.1, 0.15) is 0 Å². The molecule has 22 heavy (non-hydrogen) atoms. The predicted octanol–water partition coefficient (Wildman–Crippen LogP) is 5.56. The molecule has 3 aromatic rings. The Morgan fingerprint density at radius 1 is 0.773 bits per heavy atom. The van der Waals surface area contributed by atoms with Crippen LogP contribution in [-0.4, -0.2) is 5.71 Å². The van der Waals surface area contributed by atoms with Crippen molar-refractivity contribution in [2.75, 3.05) is 0 Å². The van der Waals surface area contributed by atoms with Crippen LogP contribution in [0.1, 0.15) is 33.4 Å². The number of nitrogens with zero attached hydrogens (tertiary/aromatic N) is 1. The molecule has 0 aromatic heterocycles. The predicted molar refractivity (Wildman–Crippen MR) is 94.6 cm³/mol. The molecule has 1 nitrogen and oxygen atoms in total. The fraction of sp³-hybridized carbons (Fsp3) is 0.190. The maximum Gasteiger partial charge on any atom is 0.0789 e. The van der Waals surface area contributed by atoms with Gasteiger partial charge in [-0.15, -0.1) is 0 Å². The number of benzene rings is 3. The second-order valence-corrected chi connectivity index (χ2v) is 6.42. The van der Waals surface area contributed by atoms with E-state index >= 15 is 0 Å². The first-order valence-electron chi connectivity index (χ1n) is 7.75. The van der Waals surface area contributed by atoms with Crippen LogP contribution in [0.4, 0.5) is 5.69 Å². The van der Waals surface area contributed by atoms with Gasteiger partial charge in [-0.3, -0.25) is 0 Å². The van der Waals surface area contributed by atoms with Gasteiger partial charge in [-0.05, 0) is 56.3 Å². The highest BCUT2D eigenvalue weighted by atomic mass is 14.8. The van der Waals surface area contributed by atoms with E-state index in [4.69, 9.17) is 4.99 Å². The highest BCUT2D eigenvalue weighted by molar-refractivity contribution is 6.27. The molecule has 0 saturated carbocycles. The lowest BCUT2D eigenvalue weighted by Gasteiger charge is -2.08. The molecule has 1 aliphatic rings. The van der Waals surface area contributed by atoms with Crippen LogP contribution in [0.5, 0.6) is 0 Å². The minimum absolute atomic E-state index is 1.11. The lowest BCUT2D eigenvalue weighted by molar-refractivity contribution is 1.36. The molecule has 0 atom stereocenters. The van der Waals surface area contributed by atoms with Crippen LogP contribution in [0, 0.1) is 27.7 Å². The van der Waals surface area contributed by atoms with Gasteiger partial charge in [-0.2, -0.15) is 0 Å². The van der Waals surface area contributed by atoms with Gasteiger partial charge in [0.05, 0.1) is 11.4 Å². The fourth-order valence-corrected chi connectivity index (χ4v) is 3.65. The van der Waals surface area contributed by atoms with Gasteiger partial charge in [-0.1, -0.05) is 41.5 Å². The Morgan fingerprint density at radius 2 is 1.50 bits per heavy atom. The van der Waals surface area contributed by atoms with Crippen molar-refractivity contribution in [1.29, 1.82) is 0 Å². The van der Waals surface area contributed by atoms with Crippen molar-refractivity contribution in [1.82, 2.24) is 0 Å². The van der Waals surface area contributed by atoms with E-state index in [0.717, 1.165) is 11.4 Å². The minimum Gasteiger partial charge on any atom is -0.247 e. The molecule has 0 spiro atoms. The quantitative estimate of drug-likeness (QED) is 0.434. The molecule has 0 aliphatic carbocycles. The molecule has 108 valence electrons. The number of aryl methyl sites for hydroxylation is 4. The topological polar surface area (TPSA) is 12.4 Å². The number of aliphatic imine (C=N–C) groups is 1. The van der Waals surface area contributed by atoms with Crippen LogP contribution in [0.15, 0.2) is 47.5 Å². The maximum atomic E-state index is 5.01. The summed E-state index contributed by atoms with van der Waals surface area (Å²) in [5.41, 5.74) is 9.91. The van der Waals surface area contributed by atoms with Gasteiger partial charge in [0.15, 0.2) is 0 Å². The zero-order chi connectivity index (χ0) is 15.4. The molecule has 1 aliphatic heterocycles. The van der Waals surface area contributed by atoms with Crippen molar-refractivity contribution in [2.45, 2.75) is 27.7 Å². The summed E-state index contributed by atoms with van der Waals surface area (Å²) in [5.74, 6) is 0. The lowest BCUT2D eigenvalue weighted by atomic mass is 9.94. The smallest absolute Gasteiger partial charge is 0.0789 e. The molecule has 1 heterocycles. The Balaban J connectivity index is 2.05. The summed E-state index contributed by atoms with van der Waals surface area (Å²) in [5, 5.41) is 2.63. The summed E-state index contributed by atoms with van der Waals surface area (Å²) in [6.45, 7) is 8.64. The minimum atomic E-state index is 1.11. The zero-order valence-electron chi connectivity index (χ0n) is 13.5. The Kier molecular flexibility index (Phi) is 2.74. The van der Waals surface area contributed by atoms with E-state index in [1.807, 2.05) is 0 Å². The molecule has 3 aromatic carbocycles. The highest BCUT2D eigenvalue weighted by Gasteiger charge is 2.22. The van der Waals surface area contributed by atoms with Crippen LogP contribution >= 0.6 is 0 Å². The van der Waals surface area contributed by atoms with Crippen molar-refractivity contribution >= 4 is 22.2 Å². The van der Waals surface area contributed by atoms with Crippen LogP contribution < -0.4 is 0 Å². The molecule has 0 fully saturated rings. The van der Waals surface area contributed by atoms with E-state index in [2.05, 4.69) is 70.2 Å². The third kappa shape index (κ3) is 1.82. The summed E-state index contributed by atoms with van der Waals surface area (Å²) in [6, 6.07) is 15.5. The standard InChI is InChI=1S/C21H19N/c1-12-8-13(2)10-16(9-12)21-18-7-5-6-17-14(3)11-15(4)20(22-21)19(17)18/h5-11H,1-4H3. The van der Waals surface area contributed by atoms with Crippen LogP contribution in [0.3, 0.4) is 0 Å².